The Morgan fingerprint density at radius 2 is 1.96 bits per heavy atom. The number of ether oxygens (including phenoxy) is 1. The number of nitriles is 1. The number of amides is 2. The minimum Gasteiger partial charge on any atom is -0.447 e. The summed E-state index contributed by atoms with van der Waals surface area (Å²) in [6, 6.07) is 6.00. The van der Waals surface area contributed by atoms with Crippen molar-refractivity contribution in [2.75, 3.05) is 19.7 Å². The molecule has 0 aromatic carbocycles. The van der Waals surface area contributed by atoms with Gasteiger partial charge in [-0.15, -0.1) is 11.3 Å². The molecule has 146 valence electrons. The minimum atomic E-state index is -0.315. The Labute approximate surface area is 167 Å². The zero-order chi connectivity index (χ0) is 19.9. The fourth-order valence-electron chi connectivity index (χ4n) is 4.06. The lowest BCUT2D eigenvalue weighted by Gasteiger charge is -2.40. The topological polar surface area (TPSA) is 78.6 Å². The molecule has 8 heteroatoms. The van der Waals surface area contributed by atoms with E-state index in [2.05, 4.69) is 6.07 Å². The van der Waals surface area contributed by atoms with Gasteiger partial charge in [-0.2, -0.15) is 5.26 Å². The van der Waals surface area contributed by atoms with Gasteiger partial charge < -0.3 is 14.2 Å². The summed E-state index contributed by atoms with van der Waals surface area (Å²) in [6.07, 6.45) is 4.86. The molecule has 2 fully saturated rings. The van der Waals surface area contributed by atoms with Crippen molar-refractivity contribution in [3.8, 4) is 11.8 Å². The summed E-state index contributed by atoms with van der Waals surface area (Å²) in [5, 5.41) is 11.2. The van der Waals surface area contributed by atoms with Crippen molar-refractivity contribution in [3.63, 3.8) is 0 Å². The number of hydrogen-bond donors (Lipinski definition) is 0. The van der Waals surface area contributed by atoms with Crippen LogP contribution in [0.25, 0.3) is 5.69 Å². The SMILES string of the molecule is CC1(C)COC(=O)N1C1CCN(C(=O)c2scc(C#N)c2-n2cccc2)CC1. The second kappa shape index (κ2) is 6.99. The van der Waals surface area contributed by atoms with Crippen LogP contribution < -0.4 is 0 Å². The van der Waals surface area contributed by atoms with Gasteiger partial charge in [0.2, 0.25) is 0 Å². The minimum absolute atomic E-state index is 0.0584. The molecule has 2 amide bonds. The number of nitrogens with zero attached hydrogens (tertiary/aromatic N) is 4. The van der Waals surface area contributed by atoms with Crippen LogP contribution in [-0.4, -0.2) is 57.6 Å². The van der Waals surface area contributed by atoms with E-state index in [0.29, 0.717) is 35.8 Å². The van der Waals surface area contributed by atoms with Gasteiger partial charge in [-0.1, -0.05) is 0 Å². The van der Waals surface area contributed by atoms with Gasteiger partial charge in [-0.25, -0.2) is 4.79 Å². The van der Waals surface area contributed by atoms with Crippen LogP contribution in [0.4, 0.5) is 4.79 Å². The number of thiophene rings is 1. The van der Waals surface area contributed by atoms with Gasteiger partial charge in [0.05, 0.1) is 16.8 Å². The second-order valence-corrected chi connectivity index (χ2v) is 8.67. The van der Waals surface area contributed by atoms with Gasteiger partial charge >= 0.3 is 6.09 Å². The number of carbonyl (C=O) groups excluding carboxylic acids is 2. The van der Waals surface area contributed by atoms with E-state index < -0.39 is 0 Å². The van der Waals surface area contributed by atoms with Crippen molar-refractivity contribution >= 4 is 23.3 Å². The average molecular weight is 398 g/mol. The first-order chi connectivity index (χ1) is 13.4. The number of cyclic esters (lactones) is 1. The normalized spacial score (nSPS) is 19.5. The molecular weight excluding hydrogens is 376 g/mol. The molecule has 0 saturated carbocycles. The molecule has 2 aromatic rings. The first-order valence-electron chi connectivity index (χ1n) is 9.32. The molecule has 2 aromatic heterocycles. The van der Waals surface area contributed by atoms with E-state index in [9.17, 15) is 14.9 Å². The maximum Gasteiger partial charge on any atom is 0.410 e. The summed E-state index contributed by atoms with van der Waals surface area (Å²) in [6.45, 7) is 5.57. The Balaban J connectivity index is 1.51. The summed E-state index contributed by atoms with van der Waals surface area (Å²) in [5.41, 5.74) is 0.834. The summed E-state index contributed by atoms with van der Waals surface area (Å²) in [5.74, 6) is -0.0584. The third kappa shape index (κ3) is 3.06. The molecule has 0 atom stereocenters. The van der Waals surface area contributed by atoms with E-state index >= 15 is 0 Å². The molecule has 0 spiro atoms. The number of rotatable bonds is 3. The Morgan fingerprint density at radius 3 is 2.54 bits per heavy atom. The zero-order valence-corrected chi connectivity index (χ0v) is 16.7. The van der Waals surface area contributed by atoms with Crippen molar-refractivity contribution in [1.29, 1.82) is 5.26 Å². The molecule has 2 saturated heterocycles. The second-order valence-electron chi connectivity index (χ2n) is 7.79. The molecule has 2 aliphatic heterocycles. The average Bonchev–Trinajstić information content (AvgIpc) is 3.40. The quantitative estimate of drug-likeness (QED) is 0.795. The molecule has 2 aliphatic rings. The maximum atomic E-state index is 13.2. The summed E-state index contributed by atoms with van der Waals surface area (Å²) in [4.78, 5) is 29.5. The van der Waals surface area contributed by atoms with Crippen LogP contribution >= 0.6 is 11.3 Å². The first kappa shape index (κ1) is 18.6. The monoisotopic (exact) mass is 398 g/mol. The largest absolute Gasteiger partial charge is 0.447 e. The predicted molar refractivity (Wildman–Crippen MR) is 105 cm³/mol. The highest BCUT2D eigenvalue weighted by atomic mass is 32.1. The highest BCUT2D eigenvalue weighted by molar-refractivity contribution is 7.12. The van der Waals surface area contributed by atoms with Crippen LogP contribution in [0.15, 0.2) is 29.9 Å². The Hall–Kier alpha value is -2.79. The molecule has 28 heavy (non-hydrogen) atoms. The highest BCUT2D eigenvalue weighted by Gasteiger charge is 2.45. The van der Waals surface area contributed by atoms with Gasteiger partial charge in [-0.3, -0.25) is 9.69 Å². The maximum absolute atomic E-state index is 13.2. The van der Waals surface area contributed by atoms with Gasteiger partial charge in [0, 0.05) is 36.9 Å². The van der Waals surface area contributed by atoms with Crippen molar-refractivity contribution < 1.29 is 14.3 Å². The summed E-state index contributed by atoms with van der Waals surface area (Å²) < 4.78 is 7.04. The number of carbonyl (C=O) groups is 2. The van der Waals surface area contributed by atoms with Crippen LogP contribution in [0.5, 0.6) is 0 Å². The lowest BCUT2D eigenvalue weighted by atomic mass is 9.97. The third-order valence-electron chi connectivity index (χ3n) is 5.46. The molecule has 0 N–H and O–H groups in total. The van der Waals surface area contributed by atoms with Gasteiger partial charge in [0.25, 0.3) is 5.91 Å². The molecule has 4 rings (SSSR count). The zero-order valence-electron chi connectivity index (χ0n) is 15.9. The number of aromatic nitrogens is 1. The molecule has 0 aliphatic carbocycles. The van der Waals surface area contributed by atoms with Crippen LogP contribution in [0.2, 0.25) is 0 Å². The Kier molecular flexibility index (Phi) is 4.63. The van der Waals surface area contributed by atoms with Crippen LogP contribution in [0, 0.1) is 11.3 Å². The molecule has 7 nitrogen and oxygen atoms in total. The van der Waals surface area contributed by atoms with Crippen molar-refractivity contribution in [1.82, 2.24) is 14.4 Å². The van der Waals surface area contributed by atoms with Gasteiger partial charge in [-0.05, 0) is 38.8 Å². The summed E-state index contributed by atoms with van der Waals surface area (Å²) in [7, 11) is 0. The number of piperidine rings is 1. The molecule has 0 bridgehead atoms. The van der Waals surface area contributed by atoms with Crippen LogP contribution in [-0.2, 0) is 4.74 Å². The van der Waals surface area contributed by atoms with E-state index in [1.165, 1.54) is 11.3 Å². The van der Waals surface area contributed by atoms with E-state index in [1.807, 2.05) is 52.7 Å². The highest BCUT2D eigenvalue weighted by Crippen LogP contribution is 2.32. The van der Waals surface area contributed by atoms with Crippen molar-refractivity contribution in [3.05, 3.63) is 40.3 Å². The summed E-state index contributed by atoms with van der Waals surface area (Å²) >= 11 is 1.31. The molecular formula is C20H22N4O3S. The van der Waals surface area contributed by atoms with Crippen LogP contribution in [0.1, 0.15) is 41.9 Å². The van der Waals surface area contributed by atoms with E-state index in [0.717, 1.165) is 12.8 Å². The number of likely N-dealkylation sites (tertiary alicyclic amines) is 1. The molecule has 4 heterocycles. The van der Waals surface area contributed by atoms with Gasteiger partial charge in [0.1, 0.15) is 17.6 Å². The molecule has 0 unspecified atom stereocenters. The number of hydrogen-bond acceptors (Lipinski definition) is 5. The van der Waals surface area contributed by atoms with E-state index in [4.69, 9.17) is 4.74 Å². The Bertz CT molecular complexity index is 933. The van der Waals surface area contributed by atoms with E-state index in [1.54, 1.807) is 5.38 Å². The smallest absolute Gasteiger partial charge is 0.410 e. The van der Waals surface area contributed by atoms with Gasteiger partial charge in [0.15, 0.2) is 0 Å². The first-order valence-corrected chi connectivity index (χ1v) is 10.2. The van der Waals surface area contributed by atoms with Crippen LogP contribution in [0.3, 0.4) is 0 Å². The molecule has 0 radical (unpaired) electrons. The third-order valence-corrected chi connectivity index (χ3v) is 6.41. The lowest BCUT2D eigenvalue weighted by molar-refractivity contribution is 0.0593. The lowest BCUT2D eigenvalue weighted by Crippen LogP contribution is -2.53. The van der Waals surface area contributed by atoms with Crippen molar-refractivity contribution in [2.45, 2.75) is 38.3 Å². The fraction of sp³-hybridized carbons (Fsp3) is 0.450. The predicted octanol–water partition coefficient (Wildman–Crippen LogP) is 3.25. The van der Waals surface area contributed by atoms with E-state index in [-0.39, 0.29) is 23.6 Å². The Morgan fingerprint density at radius 1 is 1.29 bits per heavy atom. The van der Waals surface area contributed by atoms with Crippen molar-refractivity contribution in [2.24, 2.45) is 0 Å². The fourth-order valence-corrected chi connectivity index (χ4v) is 5.02. The standard InChI is InChI=1S/C20H22N4O3S/c1-20(2)13-27-19(26)24(20)15-5-9-23(10-6-15)18(25)17-16(14(11-21)12-28-17)22-7-3-4-8-22/h3-4,7-8,12,15H,5-6,9-10,13H2,1-2H3.